The Kier molecular flexibility index (Phi) is 3.86. The highest BCUT2D eigenvalue weighted by atomic mass is 16.1. The second-order valence-corrected chi connectivity index (χ2v) is 3.91. The topological polar surface area (TPSA) is 43.1 Å². The second-order valence-electron chi connectivity index (χ2n) is 3.91. The first-order chi connectivity index (χ1) is 4.92. The minimum atomic E-state index is -0.268. The third-order valence-electron chi connectivity index (χ3n) is 1.22. The normalized spacial score (nSPS) is 12.3. The molecule has 0 aliphatic carbocycles. The van der Waals surface area contributed by atoms with Gasteiger partial charge in [-0.25, -0.2) is 0 Å². The van der Waals surface area contributed by atoms with Gasteiger partial charge in [0.2, 0.25) is 5.91 Å². The zero-order valence-electron chi connectivity index (χ0n) is 7.55. The van der Waals surface area contributed by atoms with E-state index in [-0.39, 0.29) is 5.91 Å². The largest absolute Gasteiger partial charge is 0.369 e. The molecule has 64 valence electrons. The van der Waals surface area contributed by atoms with Crippen molar-refractivity contribution in [2.24, 2.45) is 11.1 Å². The molecule has 0 atom stereocenters. The van der Waals surface area contributed by atoms with Gasteiger partial charge in [-0.05, 0) is 11.8 Å². The first kappa shape index (κ1) is 10.2. The molecule has 0 aliphatic heterocycles. The van der Waals surface area contributed by atoms with Gasteiger partial charge in [0.1, 0.15) is 0 Å². The number of primary amides is 1. The molecule has 0 aromatic carbocycles. The Labute approximate surface area is 68.5 Å². The average molecular weight is 155 g/mol. The van der Waals surface area contributed by atoms with Crippen LogP contribution in [0.1, 0.15) is 33.6 Å². The Morgan fingerprint density at radius 2 is 1.91 bits per heavy atom. The molecule has 2 nitrogen and oxygen atoms in total. The van der Waals surface area contributed by atoms with Crippen molar-refractivity contribution < 1.29 is 4.79 Å². The van der Waals surface area contributed by atoms with E-state index in [2.05, 4.69) is 20.8 Å². The van der Waals surface area contributed by atoms with Crippen molar-refractivity contribution in [1.82, 2.24) is 0 Å². The lowest BCUT2D eigenvalue weighted by atomic mass is 9.92. The summed E-state index contributed by atoms with van der Waals surface area (Å²) in [6.07, 6.45) is 5.18. The van der Waals surface area contributed by atoms with Crippen LogP contribution < -0.4 is 5.73 Å². The van der Waals surface area contributed by atoms with Gasteiger partial charge in [0.25, 0.3) is 0 Å². The summed E-state index contributed by atoms with van der Waals surface area (Å²) in [6.45, 7) is 6.46. The fraction of sp³-hybridized carbons (Fsp3) is 0.667. The lowest BCUT2D eigenvalue weighted by Crippen LogP contribution is -2.08. The molecule has 0 aliphatic rings. The number of hydrogen-bond acceptors (Lipinski definition) is 1. The maximum absolute atomic E-state index is 10.3. The van der Waals surface area contributed by atoms with Gasteiger partial charge in [0.05, 0.1) is 0 Å². The van der Waals surface area contributed by atoms with Crippen molar-refractivity contribution in [3.63, 3.8) is 0 Å². The zero-order chi connectivity index (χ0) is 8.91. The van der Waals surface area contributed by atoms with Crippen LogP contribution >= 0.6 is 0 Å². The highest BCUT2D eigenvalue weighted by Gasteiger charge is 2.05. The molecule has 0 fully saturated rings. The third kappa shape index (κ3) is 9.21. The van der Waals surface area contributed by atoms with Crippen LogP contribution in [0, 0.1) is 5.41 Å². The Balaban J connectivity index is 3.53. The molecular weight excluding hydrogens is 138 g/mol. The molecular formula is C9H17NO. The minimum Gasteiger partial charge on any atom is -0.369 e. The average Bonchev–Trinajstić information content (AvgIpc) is 1.78. The van der Waals surface area contributed by atoms with E-state index in [0.29, 0.717) is 11.8 Å². The number of hydrogen-bond donors (Lipinski definition) is 1. The van der Waals surface area contributed by atoms with Crippen LogP contribution in [-0.4, -0.2) is 5.91 Å². The summed E-state index contributed by atoms with van der Waals surface area (Å²) in [5.74, 6) is -0.268. The summed E-state index contributed by atoms with van der Waals surface area (Å²) >= 11 is 0. The van der Waals surface area contributed by atoms with E-state index in [9.17, 15) is 4.79 Å². The monoisotopic (exact) mass is 155 g/mol. The molecule has 0 unspecified atom stereocenters. The number of rotatable bonds is 3. The fourth-order valence-corrected chi connectivity index (χ4v) is 0.636. The number of allylic oxidation sites excluding steroid dienone is 1. The maximum Gasteiger partial charge on any atom is 0.221 e. The highest BCUT2D eigenvalue weighted by Crippen LogP contribution is 2.18. The van der Waals surface area contributed by atoms with Crippen LogP contribution in [0.5, 0.6) is 0 Å². The van der Waals surface area contributed by atoms with Crippen LogP contribution in [0.3, 0.4) is 0 Å². The first-order valence-electron chi connectivity index (χ1n) is 3.85. The maximum atomic E-state index is 10.3. The number of amides is 1. The van der Waals surface area contributed by atoms with Crippen molar-refractivity contribution in [1.29, 1.82) is 0 Å². The predicted octanol–water partition coefficient (Wildman–Crippen LogP) is 1.85. The summed E-state index contributed by atoms with van der Waals surface area (Å²) in [5.41, 5.74) is 5.25. The molecule has 11 heavy (non-hydrogen) atoms. The Hall–Kier alpha value is -0.790. The Morgan fingerprint density at radius 3 is 2.27 bits per heavy atom. The van der Waals surface area contributed by atoms with Gasteiger partial charge in [-0.2, -0.15) is 0 Å². The van der Waals surface area contributed by atoms with Crippen molar-refractivity contribution in [2.75, 3.05) is 0 Å². The van der Waals surface area contributed by atoms with Crippen LogP contribution in [0.25, 0.3) is 0 Å². The molecule has 0 saturated carbocycles. The van der Waals surface area contributed by atoms with Crippen LogP contribution in [0.4, 0.5) is 0 Å². The Morgan fingerprint density at radius 1 is 1.36 bits per heavy atom. The summed E-state index contributed by atoms with van der Waals surface area (Å²) in [6, 6.07) is 0. The van der Waals surface area contributed by atoms with Gasteiger partial charge in [-0.15, -0.1) is 0 Å². The van der Waals surface area contributed by atoms with E-state index in [0.717, 1.165) is 6.42 Å². The number of carbonyl (C=O) groups excluding carboxylic acids is 1. The smallest absolute Gasteiger partial charge is 0.221 e. The molecule has 0 heterocycles. The predicted molar refractivity (Wildman–Crippen MR) is 47.0 cm³/mol. The van der Waals surface area contributed by atoms with E-state index in [4.69, 9.17) is 5.73 Å². The minimum absolute atomic E-state index is 0.268. The van der Waals surface area contributed by atoms with Gasteiger partial charge >= 0.3 is 0 Å². The lowest BCUT2D eigenvalue weighted by Gasteiger charge is -2.14. The Bertz CT molecular complexity index is 153. The summed E-state index contributed by atoms with van der Waals surface area (Å²) in [4.78, 5) is 10.3. The quantitative estimate of drug-likeness (QED) is 0.621. The molecule has 0 aromatic heterocycles. The van der Waals surface area contributed by atoms with Gasteiger partial charge in [0.15, 0.2) is 0 Å². The van der Waals surface area contributed by atoms with Crippen LogP contribution in [-0.2, 0) is 4.79 Å². The van der Waals surface area contributed by atoms with Crippen LogP contribution in [0.2, 0.25) is 0 Å². The van der Waals surface area contributed by atoms with E-state index in [1.807, 2.05) is 12.2 Å². The first-order valence-corrected chi connectivity index (χ1v) is 3.85. The summed E-state index contributed by atoms with van der Waals surface area (Å²) < 4.78 is 0. The van der Waals surface area contributed by atoms with Crippen molar-refractivity contribution in [2.45, 2.75) is 33.6 Å². The molecule has 2 heteroatoms. The van der Waals surface area contributed by atoms with E-state index >= 15 is 0 Å². The molecule has 2 N–H and O–H groups in total. The molecule has 0 rings (SSSR count). The van der Waals surface area contributed by atoms with Crippen molar-refractivity contribution in [3.05, 3.63) is 12.2 Å². The zero-order valence-corrected chi connectivity index (χ0v) is 7.55. The second kappa shape index (κ2) is 4.16. The molecule has 0 spiro atoms. The standard InChI is InChI=1S/C9H17NO/c1-9(2,3)7-5-4-6-8(10)11/h4-5H,6-7H2,1-3H3,(H2,10,11)/b5-4-. The van der Waals surface area contributed by atoms with E-state index in [1.165, 1.54) is 0 Å². The lowest BCUT2D eigenvalue weighted by molar-refractivity contribution is -0.117. The van der Waals surface area contributed by atoms with Crippen LogP contribution in [0.15, 0.2) is 12.2 Å². The van der Waals surface area contributed by atoms with E-state index < -0.39 is 0 Å². The summed E-state index contributed by atoms with van der Waals surface area (Å²) in [7, 11) is 0. The van der Waals surface area contributed by atoms with Gasteiger partial charge in [-0.1, -0.05) is 32.9 Å². The SMILES string of the molecule is CC(C)(C)C/C=C\CC(N)=O. The number of nitrogens with two attached hydrogens (primary N) is 1. The fourth-order valence-electron chi connectivity index (χ4n) is 0.636. The highest BCUT2D eigenvalue weighted by molar-refractivity contribution is 5.75. The van der Waals surface area contributed by atoms with Crippen molar-refractivity contribution >= 4 is 5.91 Å². The van der Waals surface area contributed by atoms with Crippen molar-refractivity contribution in [3.8, 4) is 0 Å². The third-order valence-corrected chi connectivity index (χ3v) is 1.22. The van der Waals surface area contributed by atoms with Gasteiger partial charge < -0.3 is 5.73 Å². The molecule has 0 radical (unpaired) electrons. The molecule has 0 bridgehead atoms. The summed E-state index contributed by atoms with van der Waals surface area (Å²) in [5, 5.41) is 0. The molecule has 1 amide bonds. The van der Waals surface area contributed by atoms with E-state index in [1.54, 1.807) is 0 Å². The van der Waals surface area contributed by atoms with Gasteiger partial charge in [0, 0.05) is 6.42 Å². The van der Waals surface area contributed by atoms with Gasteiger partial charge in [-0.3, -0.25) is 4.79 Å². The molecule has 0 saturated heterocycles. The molecule has 0 aromatic rings. The number of carbonyl (C=O) groups is 1.